The van der Waals surface area contributed by atoms with Gasteiger partial charge in [0.05, 0.1) is 50.7 Å². The molecule has 0 aromatic heterocycles. The molecule has 0 saturated heterocycles. The van der Waals surface area contributed by atoms with Crippen molar-refractivity contribution in [2.24, 2.45) is 5.10 Å². The highest BCUT2D eigenvalue weighted by Crippen LogP contribution is 2.30. The van der Waals surface area contributed by atoms with Crippen molar-refractivity contribution in [2.75, 3.05) is 20.8 Å². The number of allylic oxidation sites excluding steroid dienone is 2. The first kappa shape index (κ1) is 17.5. The average Bonchev–Trinajstić information content (AvgIpc) is 3.36. The molecule has 7 nitrogen and oxygen atoms in total. The summed E-state index contributed by atoms with van der Waals surface area (Å²) in [7, 11) is 3.23. The van der Waals surface area contributed by atoms with Gasteiger partial charge in [-0.15, -0.1) is 0 Å². The molecule has 3 heterocycles. The number of methoxy groups -OCH3 is 2. The number of hydrazone groups is 1. The topological polar surface area (TPSA) is 66.4 Å². The predicted octanol–water partition coefficient (Wildman–Crippen LogP) is 2.79. The average molecular weight is 384 g/mol. The Balaban J connectivity index is 1.48. The second kappa shape index (κ2) is 7.40. The van der Waals surface area contributed by atoms with Crippen LogP contribution in [0.25, 0.3) is 0 Å². The monoisotopic (exact) mass is 384 g/mol. The predicted molar refractivity (Wildman–Crippen MR) is 105 cm³/mol. The van der Waals surface area contributed by atoms with Gasteiger partial charge in [0.1, 0.15) is 11.5 Å². The first-order valence-electron chi connectivity index (χ1n) is 8.59. The summed E-state index contributed by atoms with van der Waals surface area (Å²) in [5.74, 6) is 1.40. The van der Waals surface area contributed by atoms with E-state index < -0.39 is 0 Å². The molecule has 4 rings (SSSR count). The summed E-state index contributed by atoms with van der Waals surface area (Å²) < 4.78 is 15.8. The quantitative estimate of drug-likeness (QED) is 0.788. The molecular weight excluding hydrogens is 364 g/mol. The number of amides is 1. The summed E-state index contributed by atoms with van der Waals surface area (Å²) in [6.45, 7) is 0.576. The van der Waals surface area contributed by atoms with Crippen molar-refractivity contribution in [1.29, 1.82) is 0 Å². The van der Waals surface area contributed by atoms with Gasteiger partial charge in [0.15, 0.2) is 0 Å². The van der Waals surface area contributed by atoms with Crippen LogP contribution in [0.4, 0.5) is 0 Å². The third-order valence-corrected chi connectivity index (χ3v) is 5.29. The number of nitrogens with zero attached hydrogens (tertiary/aromatic N) is 3. The van der Waals surface area contributed by atoms with E-state index >= 15 is 0 Å². The van der Waals surface area contributed by atoms with E-state index in [0.717, 1.165) is 28.3 Å². The van der Waals surface area contributed by atoms with Crippen LogP contribution in [0.5, 0.6) is 11.5 Å². The van der Waals surface area contributed by atoms with E-state index in [1.165, 1.54) is 12.1 Å². The molecule has 8 heteroatoms. The Morgan fingerprint density at radius 3 is 3.04 bits per heavy atom. The van der Waals surface area contributed by atoms with Gasteiger partial charge in [-0.25, -0.2) is 5.01 Å². The van der Waals surface area contributed by atoms with Gasteiger partial charge in [-0.2, -0.15) is 5.10 Å². The van der Waals surface area contributed by atoms with Crippen LogP contribution in [-0.4, -0.2) is 41.7 Å². The molecule has 3 aliphatic rings. The molecule has 3 aliphatic heterocycles. The van der Waals surface area contributed by atoms with Gasteiger partial charge in [0, 0.05) is 30.5 Å². The highest BCUT2D eigenvalue weighted by Gasteiger charge is 2.25. The SMILES string of the molecule is COc1ccc(C2=NN(C(=O)CC3=CC4=CNSN4C=C3)CC2)c(OC)c1. The molecule has 0 aliphatic carbocycles. The number of hydrogen-bond donors (Lipinski definition) is 1. The van der Waals surface area contributed by atoms with E-state index in [1.807, 2.05) is 47.1 Å². The van der Waals surface area contributed by atoms with Crippen LogP contribution < -0.4 is 14.2 Å². The first-order valence-corrected chi connectivity index (χ1v) is 9.36. The van der Waals surface area contributed by atoms with Gasteiger partial charge in [-0.05, 0) is 29.9 Å². The minimum absolute atomic E-state index is 0.0129. The van der Waals surface area contributed by atoms with Gasteiger partial charge >= 0.3 is 0 Å². The maximum Gasteiger partial charge on any atom is 0.247 e. The molecule has 140 valence electrons. The Morgan fingerprint density at radius 1 is 1.33 bits per heavy atom. The highest BCUT2D eigenvalue weighted by atomic mass is 32.2. The normalized spacial score (nSPS) is 17.8. The second-order valence-corrected chi connectivity index (χ2v) is 7.01. The first-order chi connectivity index (χ1) is 13.2. The molecule has 0 saturated carbocycles. The zero-order valence-electron chi connectivity index (χ0n) is 15.1. The molecule has 1 amide bonds. The smallest absolute Gasteiger partial charge is 0.247 e. The van der Waals surface area contributed by atoms with Gasteiger partial charge < -0.3 is 14.2 Å². The van der Waals surface area contributed by atoms with Gasteiger partial charge in [-0.1, -0.05) is 0 Å². The van der Waals surface area contributed by atoms with Crippen LogP contribution >= 0.6 is 12.1 Å². The van der Waals surface area contributed by atoms with Crippen LogP contribution in [0, 0.1) is 0 Å². The summed E-state index contributed by atoms with van der Waals surface area (Å²) >= 11 is 1.50. The van der Waals surface area contributed by atoms with Crippen molar-refractivity contribution in [2.45, 2.75) is 12.8 Å². The van der Waals surface area contributed by atoms with E-state index in [9.17, 15) is 4.79 Å². The number of carbonyl (C=O) groups excluding carboxylic acids is 1. The highest BCUT2D eigenvalue weighted by molar-refractivity contribution is 7.95. The molecule has 0 unspecified atom stereocenters. The molecule has 1 aromatic rings. The number of benzene rings is 1. The maximum absolute atomic E-state index is 12.7. The summed E-state index contributed by atoms with van der Waals surface area (Å²) in [5.41, 5.74) is 3.75. The minimum atomic E-state index is -0.0129. The van der Waals surface area contributed by atoms with Crippen molar-refractivity contribution < 1.29 is 14.3 Å². The lowest BCUT2D eigenvalue weighted by Gasteiger charge is -2.18. The van der Waals surface area contributed by atoms with Gasteiger partial charge in [-0.3, -0.25) is 9.10 Å². The van der Waals surface area contributed by atoms with Gasteiger partial charge in [0.25, 0.3) is 0 Å². The Morgan fingerprint density at radius 2 is 2.22 bits per heavy atom. The fraction of sp³-hybridized carbons (Fsp3) is 0.263. The zero-order valence-corrected chi connectivity index (χ0v) is 16.0. The van der Waals surface area contributed by atoms with Crippen molar-refractivity contribution in [3.63, 3.8) is 0 Å². The van der Waals surface area contributed by atoms with Crippen molar-refractivity contribution in [3.05, 3.63) is 59.6 Å². The summed E-state index contributed by atoms with van der Waals surface area (Å²) in [5, 5.41) is 6.09. The third kappa shape index (κ3) is 3.52. The van der Waals surface area contributed by atoms with Crippen LogP contribution in [-0.2, 0) is 4.79 Å². The summed E-state index contributed by atoms with van der Waals surface area (Å²) in [6, 6.07) is 5.62. The summed E-state index contributed by atoms with van der Waals surface area (Å²) in [6.07, 6.45) is 8.87. The fourth-order valence-electron chi connectivity index (χ4n) is 3.12. The van der Waals surface area contributed by atoms with E-state index in [2.05, 4.69) is 9.82 Å². The Bertz CT molecular complexity index is 891. The maximum atomic E-state index is 12.7. The molecule has 0 radical (unpaired) electrons. The summed E-state index contributed by atoms with van der Waals surface area (Å²) in [4.78, 5) is 12.7. The number of hydrogen-bond acceptors (Lipinski definition) is 7. The molecule has 0 spiro atoms. The van der Waals surface area contributed by atoms with Crippen molar-refractivity contribution in [1.82, 2.24) is 14.0 Å². The van der Waals surface area contributed by atoms with Crippen molar-refractivity contribution >= 4 is 23.8 Å². The lowest BCUT2D eigenvalue weighted by atomic mass is 10.1. The number of fused-ring (bicyclic) bond motifs is 1. The van der Waals surface area contributed by atoms with Gasteiger partial charge in [0.2, 0.25) is 5.91 Å². The van der Waals surface area contributed by atoms with Crippen LogP contribution in [0.1, 0.15) is 18.4 Å². The molecule has 0 atom stereocenters. The lowest BCUT2D eigenvalue weighted by molar-refractivity contribution is -0.129. The van der Waals surface area contributed by atoms with Crippen molar-refractivity contribution in [3.8, 4) is 11.5 Å². The second-order valence-electron chi connectivity index (χ2n) is 6.20. The number of ether oxygens (including phenoxy) is 2. The molecular formula is C19H20N4O3S. The molecule has 0 bridgehead atoms. The largest absolute Gasteiger partial charge is 0.497 e. The van der Waals surface area contributed by atoms with E-state index in [-0.39, 0.29) is 5.91 Å². The fourth-order valence-corrected chi connectivity index (χ4v) is 3.74. The number of rotatable bonds is 5. The Labute approximate surface area is 162 Å². The minimum Gasteiger partial charge on any atom is -0.497 e. The molecule has 27 heavy (non-hydrogen) atoms. The molecule has 1 N–H and O–H groups in total. The number of nitrogens with one attached hydrogen (secondary N) is 1. The third-order valence-electron chi connectivity index (χ3n) is 4.53. The lowest BCUT2D eigenvalue weighted by Crippen LogP contribution is -2.23. The molecule has 1 aromatic carbocycles. The zero-order chi connectivity index (χ0) is 18.8. The van der Waals surface area contributed by atoms with E-state index in [1.54, 1.807) is 19.2 Å². The molecule has 0 fully saturated rings. The van der Waals surface area contributed by atoms with Crippen LogP contribution in [0.2, 0.25) is 0 Å². The van der Waals surface area contributed by atoms with E-state index in [0.29, 0.717) is 25.1 Å². The van der Waals surface area contributed by atoms with Crippen LogP contribution in [0.3, 0.4) is 0 Å². The van der Waals surface area contributed by atoms with E-state index in [4.69, 9.17) is 9.47 Å². The standard InChI is InChI=1S/C19H20N4O3S/c1-25-15-3-4-16(18(11-15)26-2)17-6-7-22(21-17)19(24)10-13-5-8-23-14(9-13)12-20-27-23/h3-5,8-9,11-12,20H,6-7,10H2,1-2H3. The Kier molecular flexibility index (Phi) is 4.81. The van der Waals surface area contributed by atoms with Crippen LogP contribution in [0.15, 0.2) is 59.1 Å². The number of carbonyl (C=O) groups is 1. The Hall–Kier alpha value is -2.87.